The molecular formula is C15H19ClFN3. The Morgan fingerprint density at radius 3 is 2.90 bits per heavy atom. The van der Waals surface area contributed by atoms with Gasteiger partial charge in [0.2, 0.25) is 0 Å². The van der Waals surface area contributed by atoms with Crippen LogP contribution in [0.2, 0.25) is 5.02 Å². The van der Waals surface area contributed by atoms with E-state index < -0.39 is 0 Å². The van der Waals surface area contributed by atoms with Crippen LogP contribution in [-0.4, -0.2) is 16.1 Å². The maximum absolute atomic E-state index is 13.8. The number of nitrogens with one attached hydrogen (secondary N) is 1. The molecule has 0 aliphatic carbocycles. The molecule has 108 valence electrons. The molecule has 0 amide bonds. The maximum Gasteiger partial charge on any atom is 0.129 e. The Morgan fingerprint density at radius 2 is 2.20 bits per heavy atom. The van der Waals surface area contributed by atoms with E-state index in [-0.39, 0.29) is 5.82 Å². The predicted octanol–water partition coefficient (Wildman–Crippen LogP) is 3.47. The molecule has 0 bridgehead atoms. The fourth-order valence-corrected chi connectivity index (χ4v) is 2.12. The Hall–Kier alpha value is -1.39. The van der Waals surface area contributed by atoms with E-state index in [1.54, 1.807) is 18.3 Å². The predicted molar refractivity (Wildman–Crippen MR) is 79.3 cm³/mol. The number of imidazole rings is 1. The van der Waals surface area contributed by atoms with Crippen LogP contribution < -0.4 is 5.32 Å². The fraction of sp³-hybridized carbons (Fsp3) is 0.400. The lowest BCUT2D eigenvalue weighted by Gasteiger charge is -2.11. The fourth-order valence-electron chi connectivity index (χ4n) is 1.96. The van der Waals surface area contributed by atoms with Crippen molar-refractivity contribution >= 4 is 11.6 Å². The second kappa shape index (κ2) is 6.86. The minimum atomic E-state index is -0.285. The summed E-state index contributed by atoms with van der Waals surface area (Å²) < 4.78 is 15.7. The van der Waals surface area contributed by atoms with Crippen LogP contribution in [0.25, 0.3) is 0 Å². The van der Waals surface area contributed by atoms with Crippen LogP contribution >= 0.6 is 11.6 Å². The summed E-state index contributed by atoms with van der Waals surface area (Å²) in [4.78, 5) is 4.31. The van der Waals surface area contributed by atoms with E-state index in [0.717, 1.165) is 12.4 Å². The molecule has 1 heterocycles. The van der Waals surface area contributed by atoms with Crippen LogP contribution in [0.4, 0.5) is 4.39 Å². The van der Waals surface area contributed by atoms with Crippen LogP contribution in [-0.2, 0) is 13.1 Å². The summed E-state index contributed by atoms with van der Waals surface area (Å²) in [5.74, 6) is 1.21. The second-order valence-corrected chi connectivity index (χ2v) is 5.67. The van der Waals surface area contributed by atoms with E-state index in [1.165, 1.54) is 6.07 Å². The summed E-state index contributed by atoms with van der Waals surface area (Å²) in [6, 6.07) is 4.75. The van der Waals surface area contributed by atoms with Gasteiger partial charge in [0.1, 0.15) is 11.6 Å². The van der Waals surface area contributed by atoms with E-state index in [1.807, 2.05) is 10.8 Å². The van der Waals surface area contributed by atoms with Gasteiger partial charge in [-0.3, -0.25) is 0 Å². The minimum Gasteiger partial charge on any atom is -0.329 e. The standard InChI is InChI=1S/C15H19ClFN3/c1-11(2)8-18-9-15-19-5-6-20(15)10-12-3-4-13(16)7-14(12)17/h3-7,11,18H,8-10H2,1-2H3. The van der Waals surface area contributed by atoms with Gasteiger partial charge in [-0.15, -0.1) is 0 Å². The molecule has 0 atom stereocenters. The molecule has 0 aliphatic heterocycles. The molecule has 1 aromatic heterocycles. The lowest BCUT2D eigenvalue weighted by atomic mass is 10.2. The summed E-state index contributed by atoms with van der Waals surface area (Å²) in [6.45, 7) is 6.38. The Balaban J connectivity index is 2.04. The van der Waals surface area contributed by atoms with Gasteiger partial charge in [-0.05, 0) is 24.6 Å². The number of rotatable bonds is 6. The van der Waals surface area contributed by atoms with Crippen molar-refractivity contribution in [2.24, 2.45) is 5.92 Å². The van der Waals surface area contributed by atoms with Gasteiger partial charge in [0.25, 0.3) is 0 Å². The number of nitrogens with zero attached hydrogens (tertiary/aromatic N) is 2. The SMILES string of the molecule is CC(C)CNCc1nccn1Cc1ccc(Cl)cc1F. The highest BCUT2D eigenvalue weighted by Crippen LogP contribution is 2.16. The highest BCUT2D eigenvalue weighted by Gasteiger charge is 2.07. The number of hydrogen-bond acceptors (Lipinski definition) is 2. The van der Waals surface area contributed by atoms with Crippen molar-refractivity contribution in [3.8, 4) is 0 Å². The van der Waals surface area contributed by atoms with Gasteiger partial charge in [-0.1, -0.05) is 31.5 Å². The molecular weight excluding hydrogens is 277 g/mol. The van der Waals surface area contributed by atoms with Gasteiger partial charge in [-0.2, -0.15) is 0 Å². The molecule has 0 unspecified atom stereocenters. The van der Waals surface area contributed by atoms with E-state index in [2.05, 4.69) is 24.1 Å². The summed E-state index contributed by atoms with van der Waals surface area (Å²) in [6.07, 6.45) is 3.60. The largest absolute Gasteiger partial charge is 0.329 e. The first-order chi connectivity index (χ1) is 9.56. The van der Waals surface area contributed by atoms with Crippen molar-refractivity contribution in [1.82, 2.24) is 14.9 Å². The van der Waals surface area contributed by atoms with E-state index in [4.69, 9.17) is 11.6 Å². The molecule has 1 aromatic carbocycles. The van der Waals surface area contributed by atoms with Crippen LogP contribution in [0.3, 0.4) is 0 Å². The van der Waals surface area contributed by atoms with Gasteiger partial charge < -0.3 is 9.88 Å². The molecule has 20 heavy (non-hydrogen) atoms. The van der Waals surface area contributed by atoms with Gasteiger partial charge in [0, 0.05) is 23.0 Å². The van der Waals surface area contributed by atoms with Gasteiger partial charge in [-0.25, -0.2) is 9.37 Å². The van der Waals surface area contributed by atoms with Crippen LogP contribution in [0.5, 0.6) is 0 Å². The number of halogens is 2. The first-order valence-electron chi connectivity index (χ1n) is 6.71. The molecule has 0 fully saturated rings. The third-order valence-corrected chi connectivity index (χ3v) is 3.23. The van der Waals surface area contributed by atoms with Crippen molar-refractivity contribution in [3.63, 3.8) is 0 Å². The van der Waals surface area contributed by atoms with Crippen molar-refractivity contribution in [2.45, 2.75) is 26.9 Å². The van der Waals surface area contributed by atoms with E-state index in [0.29, 0.717) is 29.6 Å². The monoisotopic (exact) mass is 295 g/mol. The molecule has 0 saturated carbocycles. The van der Waals surface area contributed by atoms with Crippen molar-refractivity contribution in [1.29, 1.82) is 0 Å². The number of aromatic nitrogens is 2. The highest BCUT2D eigenvalue weighted by molar-refractivity contribution is 6.30. The molecule has 5 heteroatoms. The molecule has 2 aromatic rings. The van der Waals surface area contributed by atoms with Crippen LogP contribution in [0, 0.1) is 11.7 Å². The molecule has 2 rings (SSSR count). The summed E-state index contributed by atoms with van der Waals surface area (Å²) in [7, 11) is 0. The Kier molecular flexibility index (Phi) is 5.15. The third kappa shape index (κ3) is 4.05. The normalized spacial score (nSPS) is 11.2. The van der Waals surface area contributed by atoms with E-state index >= 15 is 0 Å². The van der Waals surface area contributed by atoms with Crippen LogP contribution in [0.15, 0.2) is 30.6 Å². The second-order valence-electron chi connectivity index (χ2n) is 5.23. The van der Waals surface area contributed by atoms with Crippen molar-refractivity contribution < 1.29 is 4.39 Å². The summed E-state index contributed by atoms with van der Waals surface area (Å²) in [5.41, 5.74) is 0.609. The maximum atomic E-state index is 13.8. The zero-order valence-electron chi connectivity index (χ0n) is 11.7. The lowest BCUT2D eigenvalue weighted by molar-refractivity contribution is 0.530. The average Bonchev–Trinajstić information content (AvgIpc) is 2.80. The third-order valence-electron chi connectivity index (χ3n) is 2.99. The smallest absolute Gasteiger partial charge is 0.129 e. The van der Waals surface area contributed by atoms with Gasteiger partial charge in [0.15, 0.2) is 0 Å². The first-order valence-corrected chi connectivity index (χ1v) is 7.08. The number of hydrogen-bond donors (Lipinski definition) is 1. The first kappa shape index (κ1) is 15.0. The molecule has 0 radical (unpaired) electrons. The molecule has 0 spiro atoms. The minimum absolute atomic E-state index is 0.285. The van der Waals surface area contributed by atoms with Crippen molar-refractivity contribution in [2.75, 3.05) is 6.54 Å². The Labute approximate surface area is 123 Å². The lowest BCUT2D eigenvalue weighted by Crippen LogP contribution is -2.21. The Morgan fingerprint density at radius 1 is 1.40 bits per heavy atom. The van der Waals surface area contributed by atoms with E-state index in [9.17, 15) is 4.39 Å². The van der Waals surface area contributed by atoms with Gasteiger partial charge >= 0.3 is 0 Å². The summed E-state index contributed by atoms with van der Waals surface area (Å²) in [5, 5.41) is 3.75. The topological polar surface area (TPSA) is 29.9 Å². The highest BCUT2D eigenvalue weighted by atomic mass is 35.5. The zero-order valence-corrected chi connectivity index (χ0v) is 12.5. The van der Waals surface area contributed by atoms with Gasteiger partial charge in [0.05, 0.1) is 13.1 Å². The molecule has 0 aliphatic rings. The quantitative estimate of drug-likeness (QED) is 0.884. The molecule has 0 saturated heterocycles. The average molecular weight is 296 g/mol. The molecule has 3 nitrogen and oxygen atoms in total. The van der Waals surface area contributed by atoms with Crippen LogP contribution in [0.1, 0.15) is 25.2 Å². The molecule has 1 N–H and O–H groups in total. The zero-order chi connectivity index (χ0) is 14.5. The summed E-state index contributed by atoms with van der Waals surface area (Å²) >= 11 is 5.76. The van der Waals surface area contributed by atoms with Crippen molar-refractivity contribution in [3.05, 3.63) is 52.8 Å². The Bertz CT molecular complexity index is 566. The number of benzene rings is 1.